The summed E-state index contributed by atoms with van der Waals surface area (Å²) in [6, 6.07) is 12.9. The minimum atomic E-state index is -0.868. The van der Waals surface area contributed by atoms with Crippen molar-refractivity contribution in [2.45, 2.75) is 32.9 Å². The van der Waals surface area contributed by atoms with Crippen molar-refractivity contribution in [2.24, 2.45) is 0 Å². The van der Waals surface area contributed by atoms with Gasteiger partial charge in [0.1, 0.15) is 10.6 Å². The van der Waals surface area contributed by atoms with Crippen LogP contribution in [0.5, 0.6) is 5.75 Å². The van der Waals surface area contributed by atoms with Crippen LogP contribution < -0.4 is 20.9 Å². The molecule has 2 atom stereocenters. The Kier molecular flexibility index (Phi) is 5.89. The number of hydrogen-bond acceptors (Lipinski definition) is 7. The van der Waals surface area contributed by atoms with E-state index >= 15 is 0 Å². The lowest BCUT2D eigenvalue weighted by molar-refractivity contribution is -0.122. The largest absolute Gasteiger partial charge is 0.479 e. The summed E-state index contributed by atoms with van der Waals surface area (Å²) in [5.74, 6) is -0.485. The van der Waals surface area contributed by atoms with Crippen molar-refractivity contribution < 1.29 is 19.1 Å². The first-order valence-corrected chi connectivity index (χ1v) is 12.1. The molecule has 0 radical (unpaired) electrons. The molecule has 0 spiro atoms. The number of nitrogens with one attached hydrogen (secondary N) is 2. The molecule has 0 saturated carbocycles. The monoisotopic (exact) mass is 502 g/mol. The van der Waals surface area contributed by atoms with Gasteiger partial charge in [0, 0.05) is 11.3 Å². The molecule has 36 heavy (non-hydrogen) atoms. The van der Waals surface area contributed by atoms with Gasteiger partial charge in [-0.2, -0.15) is 0 Å². The van der Waals surface area contributed by atoms with Crippen molar-refractivity contribution in [3.63, 3.8) is 0 Å². The fourth-order valence-electron chi connectivity index (χ4n) is 4.07. The third-order valence-electron chi connectivity index (χ3n) is 6.11. The fraction of sp³-hybridized carbons (Fsp3) is 0.192. The molecule has 1 aliphatic heterocycles. The highest BCUT2D eigenvalue weighted by Crippen LogP contribution is 2.32. The Bertz CT molecular complexity index is 1590. The SMILES string of the molecule is Cc1c(C(=O)Nc2ccccc2)sc2ncn(C(C)C(=O)c3ccc4c(c3)NC(=O)C(C)O4)c(=O)c12. The summed E-state index contributed by atoms with van der Waals surface area (Å²) in [4.78, 5) is 56.6. The minimum Gasteiger partial charge on any atom is -0.479 e. The molecule has 0 saturated heterocycles. The molecular weight excluding hydrogens is 480 g/mol. The number of aromatic nitrogens is 2. The molecule has 0 fully saturated rings. The lowest BCUT2D eigenvalue weighted by Crippen LogP contribution is -2.34. The Morgan fingerprint density at radius 3 is 2.67 bits per heavy atom. The van der Waals surface area contributed by atoms with Crippen LogP contribution in [-0.4, -0.2) is 33.3 Å². The van der Waals surface area contributed by atoms with Crippen molar-refractivity contribution in [2.75, 3.05) is 10.6 Å². The predicted octanol–water partition coefficient (Wildman–Crippen LogP) is 4.18. The van der Waals surface area contributed by atoms with Crippen molar-refractivity contribution in [3.8, 4) is 5.75 Å². The van der Waals surface area contributed by atoms with E-state index in [4.69, 9.17) is 4.74 Å². The summed E-state index contributed by atoms with van der Waals surface area (Å²) in [5.41, 5.74) is 1.47. The number of carbonyl (C=O) groups is 3. The van der Waals surface area contributed by atoms with Gasteiger partial charge in [-0.05, 0) is 56.7 Å². The Labute approximate surface area is 209 Å². The van der Waals surface area contributed by atoms with E-state index in [1.54, 1.807) is 45.0 Å². The van der Waals surface area contributed by atoms with E-state index in [1.807, 2.05) is 18.2 Å². The fourth-order valence-corrected chi connectivity index (χ4v) is 5.10. The predicted molar refractivity (Wildman–Crippen MR) is 137 cm³/mol. The van der Waals surface area contributed by atoms with Gasteiger partial charge in [-0.1, -0.05) is 18.2 Å². The van der Waals surface area contributed by atoms with Crippen molar-refractivity contribution in [3.05, 3.63) is 81.2 Å². The average molecular weight is 503 g/mol. The summed E-state index contributed by atoms with van der Waals surface area (Å²) in [6.45, 7) is 4.95. The number of aryl methyl sites for hydroxylation is 1. The standard InChI is InChI=1S/C26H22N4O5S/c1-13-20-25(36-22(13)24(33)28-17-7-5-4-6-8-17)27-12-30(26(20)34)14(2)21(31)16-9-10-19-18(11-16)29-23(32)15(3)35-19/h4-12,14-15H,1-3H3,(H,28,33)(H,29,32). The van der Waals surface area contributed by atoms with Crippen LogP contribution in [0.1, 0.15) is 45.5 Å². The molecule has 0 aliphatic carbocycles. The first kappa shape index (κ1) is 23.4. The van der Waals surface area contributed by atoms with Crippen LogP contribution in [0.3, 0.4) is 0 Å². The summed E-state index contributed by atoms with van der Waals surface area (Å²) in [6.07, 6.45) is 0.704. The zero-order valence-corrected chi connectivity index (χ0v) is 20.5. The Hall–Kier alpha value is -4.31. The molecule has 2 N–H and O–H groups in total. The first-order chi connectivity index (χ1) is 17.2. The van der Waals surface area contributed by atoms with Crippen molar-refractivity contribution in [1.29, 1.82) is 0 Å². The molecule has 2 aromatic carbocycles. The van der Waals surface area contributed by atoms with Gasteiger partial charge in [-0.25, -0.2) is 4.98 Å². The molecule has 0 bridgehead atoms. The van der Waals surface area contributed by atoms with E-state index in [1.165, 1.54) is 17.0 Å². The second-order valence-electron chi connectivity index (χ2n) is 8.51. The molecule has 3 heterocycles. The average Bonchev–Trinajstić information content (AvgIpc) is 3.21. The molecular formula is C26H22N4O5S. The number of Topliss-reactive ketones (excluding diaryl/α,β-unsaturated/α-hetero) is 1. The zero-order valence-electron chi connectivity index (χ0n) is 19.7. The van der Waals surface area contributed by atoms with E-state index in [9.17, 15) is 19.2 Å². The van der Waals surface area contributed by atoms with Crippen LogP contribution in [0.4, 0.5) is 11.4 Å². The van der Waals surface area contributed by atoms with Crippen LogP contribution in [0.25, 0.3) is 10.2 Å². The van der Waals surface area contributed by atoms with Gasteiger partial charge in [0.25, 0.3) is 17.4 Å². The van der Waals surface area contributed by atoms with Crippen molar-refractivity contribution in [1.82, 2.24) is 9.55 Å². The van der Waals surface area contributed by atoms with Crippen LogP contribution in [0.15, 0.2) is 59.7 Å². The van der Waals surface area contributed by atoms with Gasteiger partial charge >= 0.3 is 0 Å². The maximum absolute atomic E-state index is 13.4. The van der Waals surface area contributed by atoms with Gasteiger partial charge in [0.05, 0.1) is 28.3 Å². The lowest BCUT2D eigenvalue weighted by atomic mass is 10.0. The smallest absolute Gasteiger partial charge is 0.266 e. The van der Waals surface area contributed by atoms with E-state index in [0.717, 1.165) is 11.3 Å². The van der Waals surface area contributed by atoms with Gasteiger partial charge in [-0.15, -0.1) is 11.3 Å². The van der Waals surface area contributed by atoms with Crippen LogP contribution >= 0.6 is 11.3 Å². The third kappa shape index (κ3) is 4.05. The van der Waals surface area contributed by atoms with Gasteiger partial charge < -0.3 is 15.4 Å². The number of benzene rings is 2. The molecule has 1 aliphatic rings. The lowest BCUT2D eigenvalue weighted by Gasteiger charge is -2.24. The Morgan fingerprint density at radius 1 is 1.17 bits per heavy atom. The number of hydrogen-bond donors (Lipinski definition) is 2. The number of thiophene rings is 1. The number of ketones is 1. The zero-order chi connectivity index (χ0) is 25.6. The van der Waals surface area contributed by atoms with E-state index in [0.29, 0.717) is 43.3 Å². The number of nitrogens with zero attached hydrogens (tertiary/aromatic N) is 2. The molecule has 4 aromatic rings. The molecule has 182 valence electrons. The highest BCUT2D eigenvalue weighted by molar-refractivity contribution is 7.20. The van der Waals surface area contributed by atoms with E-state index in [-0.39, 0.29) is 17.6 Å². The number of amides is 2. The van der Waals surface area contributed by atoms with Gasteiger partial charge in [0.2, 0.25) is 0 Å². The maximum Gasteiger partial charge on any atom is 0.266 e. The second-order valence-corrected chi connectivity index (χ2v) is 9.51. The molecule has 2 unspecified atom stereocenters. The highest BCUT2D eigenvalue weighted by atomic mass is 32.1. The van der Waals surface area contributed by atoms with Crippen molar-refractivity contribution >= 4 is 50.5 Å². The summed E-state index contributed by atoms with van der Waals surface area (Å²) in [5, 5.41) is 5.86. The molecule has 9 nitrogen and oxygen atoms in total. The second kappa shape index (κ2) is 9.04. The molecule has 5 rings (SSSR count). The summed E-state index contributed by atoms with van der Waals surface area (Å²) >= 11 is 1.13. The third-order valence-corrected chi connectivity index (χ3v) is 7.30. The Balaban J connectivity index is 1.45. The number of ether oxygens (including phenoxy) is 1. The van der Waals surface area contributed by atoms with E-state index in [2.05, 4.69) is 15.6 Å². The topological polar surface area (TPSA) is 119 Å². The quantitative estimate of drug-likeness (QED) is 0.395. The molecule has 2 amide bonds. The summed E-state index contributed by atoms with van der Waals surface area (Å²) < 4.78 is 6.81. The number of para-hydroxylation sites is 1. The van der Waals surface area contributed by atoms with Crippen LogP contribution in [-0.2, 0) is 4.79 Å². The first-order valence-electron chi connectivity index (χ1n) is 11.3. The minimum absolute atomic E-state index is 0.300. The number of carbonyl (C=O) groups excluding carboxylic acids is 3. The van der Waals surface area contributed by atoms with E-state index < -0.39 is 17.7 Å². The van der Waals surface area contributed by atoms with Gasteiger partial charge in [0.15, 0.2) is 11.9 Å². The van der Waals surface area contributed by atoms with Crippen LogP contribution in [0.2, 0.25) is 0 Å². The Morgan fingerprint density at radius 2 is 1.92 bits per heavy atom. The molecule has 10 heteroatoms. The normalized spacial score (nSPS) is 15.5. The highest BCUT2D eigenvalue weighted by Gasteiger charge is 2.27. The molecule has 2 aromatic heterocycles. The number of rotatable bonds is 5. The number of anilines is 2. The van der Waals surface area contributed by atoms with Crippen LogP contribution in [0, 0.1) is 6.92 Å². The maximum atomic E-state index is 13.4. The summed E-state index contributed by atoms with van der Waals surface area (Å²) in [7, 11) is 0. The number of fused-ring (bicyclic) bond motifs is 2. The van der Waals surface area contributed by atoms with Gasteiger partial charge in [-0.3, -0.25) is 23.7 Å².